The van der Waals surface area contributed by atoms with Crippen molar-refractivity contribution in [2.45, 2.75) is 31.7 Å². The normalized spacial score (nSPS) is 25.7. The minimum absolute atomic E-state index is 0. The fourth-order valence-corrected chi connectivity index (χ4v) is 2.17. The molecule has 5 nitrogen and oxygen atoms in total. The Hall–Kier alpha value is -1.50. The summed E-state index contributed by atoms with van der Waals surface area (Å²) < 4.78 is 15.1. The summed E-state index contributed by atoms with van der Waals surface area (Å²) in [5.41, 5.74) is 13.3. The van der Waals surface area contributed by atoms with Crippen molar-refractivity contribution < 1.29 is 14.2 Å². The molecule has 1 aromatic carbocycles. The van der Waals surface area contributed by atoms with Crippen LogP contribution in [0.5, 0.6) is 0 Å². The number of allylic oxidation sites excluding steroid dienone is 2. The Bertz CT molecular complexity index is 549. The van der Waals surface area contributed by atoms with Crippen LogP contribution in [-0.4, -0.2) is 44.3 Å². The van der Waals surface area contributed by atoms with Crippen molar-refractivity contribution >= 4 is 5.57 Å². The lowest BCUT2D eigenvalue weighted by Crippen LogP contribution is -2.47. The van der Waals surface area contributed by atoms with Gasteiger partial charge in [0, 0.05) is 6.42 Å². The summed E-state index contributed by atoms with van der Waals surface area (Å²) in [5, 5.41) is 0. The first-order valence-electron chi connectivity index (χ1n) is 7.96. The highest BCUT2D eigenvalue weighted by atomic mass is 16.6. The van der Waals surface area contributed by atoms with Crippen molar-refractivity contribution in [3.05, 3.63) is 54.1 Å². The van der Waals surface area contributed by atoms with E-state index >= 15 is 0 Å². The quantitative estimate of drug-likeness (QED) is 0.637. The zero-order valence-electron chi connectivity index (χ0n) is 13.2. The molecule has 0 saturated carbocycles. The molecule has 24 heavy (non-hydrogen) atoms. The molecule has 2 saturated heterocycles. The summed E-state index contributed by atoms with van der Waals surface area (Å²) in [6.07, 6.45) is 7.39. The van der Waals surface area contributed by atoms with Crippen molar-refractivity contribution in [2.24, 2.45) is 11.5 Å². The van der Waals surface area contributed by atoms with Gasteiger partial charge in [-0.2, -0.15) is 0 Å². The second-order valence-electron chi connectivity index (χ2n) is 6.12. The van der Waals surface area contributed by atoms with E-state index in [2.05, 4.69) is 18.2 Å². The van der Waals surface area contributed by atoms with Gasteiger partial charge in [0.25, 0.3) is 0 Å². The summed E-state index contributed by atoms with van der Waals surface area (Å²) in [6.45, 7) is 3.26. The first-order chi connectivity index (χ1) is 11.1. The first-order valence-corrected chi connectivity index (χ1v) is 7.96. The third-order valence-corrected chi connectivity index (χ3v) is 3.77. The number of hydrogen-bond acceptors (Lipinski definition) is 5. The highest BCUT2D eigenvalue weighted by Crippen LogP contribution is 2.22. The Morgan fingerprint density at radius 1 is 1.04 bits per heavy atom. The Balaban J connectivity index is 0.000000181. The molecule has 1 aromatic rings. The van der Waals surface area contributed by atoms with Crippen molar-refractivity contribution in [1.82, 2.24) is 0 Å². The molecule has 0 aromatic heterocycles. The molecule has 2 heterocycles. The van der Waals surface area contributed by atoms with E-state index in [4.69, 9.17) is 25.7 Å². The number of ether oxygens (including phenoxy) is 3. The molecule has 2 unspecified atom stereocenters. The molecular formula is C19H28N2O3. The maximum Gasteiger partial charge on any atom is 0.104 e. The molecule has 2 aliphatic heterocycles. The summed E-state index contributed by atoms with van der Waals surface area (Å²) in [7, 11) is 0. The van der Waals surface area contributed by atoms with E-state index < -0.39 is 5.66 Å². The average molecular weight is 332 g/mol. The Morgan fingerprint density at radius 3 is 2.08 bits per heavy atom. The molecule has 3 aliphatic rings. The van der Waals surface area contributed by atoms with Crippen LogP contribution < -0.4 is 11.5 Å². The highest BCUT2D eigenvalue weighted by molar-refractivity contribution is 5.75. The van der Waals surface area contributed by atoms with E-state index in [0.717, 1.165) is 26.4 Å². The van der Waals surface area contributed by atoms with Gasteiger partial charge < -0.3 is 25.7 Å². The predicted octanol–water partition coefficient (Wildman–Crippen LogP) is 2.08. The maximum atomic E-state index is 5.76. The zero-order chi connectivity index (χ0) is 16.1. The number of benzene rings is 1. The highest BCUT2D eigenvalue weighted by Gasteiger charge is 2.26. The van der Waals surface area contributed by atoms with Crippen LogP contribution in [0.2, 0.25) is 0 Å². The van der Waals surface area contributed by atoms with Gasteiger partial charge >= 0.3 is 0 Å². The van der Waals surface area contributed by atoms with Crippen LogP contribution in [0.3, 0.4) is 0 Å². The number of hydrogen-bond donors (Lipinski definition) is 2. The van der Waals surface area contributed by atoms with Gasteiger partial charge in [0.2, 0.25) is 0 Å². The van der Waals surface area contributed by atoms with Crippen LogP contribution in [0.1, 0.15) is 19.4 Å². The summed E-state index contributed by atoms with van der Waals surface area (Å²) in [4.78, 5) is 0. The van der Waals surface area contributed by atoms with E-state index in [1.54, 1.807) is 0 Å². The van der Waals surface area contributed by atoms with Gasteiger partial charge in [0.05, 0.1) is 32.1 Å². The van der Waals surface area contributed by atoms with E-state index in [9.17, 15) is 0 Å². The second kappa shape index (κ2) is 8.55. The zero-order valence-corrected chi connectivity index (χ0v) is 13.2. The lowest BCUT2D eigenvalue weighted by atomic mass is 9.94. The van der Waals surface area contributed by atoms with Crippen LogP contribution in [0, 0.1) is 0 Å². The molecule has 2 atom stereocenters. The third kappa shape index (κ3) is 6.55. The third-order valence-electron chi connectivity index (χ3n) is 3.77. The topological polar surface area (TPSA) is 86.3 Å². The van der Waals surface area contributed by atoms with Gasteiger partial charge in [-0.3, -0.25) is 0 Å². The fourth-order valence-electron chi connectivity index (χ4n) is 2.17. The van der Waals surface area contributed by atoms with Crippen LogP contribution >= 0.6 is 0 Å². The van der Waals surface area contributed by atoms with Gasteiger partial charge in [-0.1, -0.05) is 49.9 Å². The Morgan fingerprint density at radius 2 is 1.62 bits per heavy atom. The minimum Gasteiger partial charge on any atom is -0.376 e. The predicted molar refractivity (Wildman–Crippen MR) is 96.3 cm³/mol. The van der Waals surface area contributed by atoms with Crippen LogP contribution in [0.4, 0.5) is 0 Å². The standard InChI is InChI=1S/C12H14N2.C6H10O3.CH4/c13-12(14)8-6-11(7-9-12)10-4-2-1-3-5-10;1(5-3-8-5)7-2-6-4-9-6;/h1-8H,9,13-14H2;5-6H,1-4H2;1H4. The monoisotopic (exact) mass is 332 g/mol. The summed E-state index contributed by atoms with van der Waals surface area (Å²) >= 11 is 0. The van der Waals surface area contributed by atoms with Crippen molar-refractivity contribution in [2.75, 3.05) is 26.4 Å². The molecule has 4 rings (SSSR count). The van der Waals surface area contributed by atoms with E-state index in [0.29, 0.717) is 18.6 Å². The average Bonchev–Trinajstić information content (AvgIpc) is 3.44. The van der Waals surface area contributed by atoms with Crippen LogP contribution in [0.25, 0.3) is 5.57 Å². The van der Waals surface area contributed by atoms with Gasteiger partial charge in [-0.15, -0.1) is 0 Å². The molecule has 0 amide bonds. The minimum atomic E-state index is -0.668. The lowest BCUT2D eigenvalue weighted by Gasteiger charge is -2.22. The summed E-state index contributed by atoms with van der Waals surface area (Å²) in [5.74, 6) is 0. The molecule has 132 valence electrons. The summed E-state index contributed by atoms with van der Waals surface area (Å²) in [6, 6.07) is 10.2. The van der Waals surface area contributed by atoms with Crippen molar-refractivity contribution in [1.29, 1.82) is 0 Å². The molecule has 0 bridgehead atoms. The van der Waals surface area contributed by atoms with E-state index in [-0.39, 0.29) is 7.43 Å². The van der Waals surface area contributed by atoms with Crippen LogP contribution in [-0.2, 0) is 14.2 Å². The molecule has 0 spiro atoms. The SMILES string of the molecule is C.C(OCC1CO1)C1CO1.NC1(N)C=CC(c2ccccc2)=CC1. The van der Waals surface area contributed by atoms with Gasteiger partial charge in [-0.25, -0.2) is 0 Å². The molecular weight excluding hydrogens is 304 g/mol. The molecule has 0 radical (unpaired) electrons. The van der Waals surface area contributed by atoms with Crippen molar-refractivity contribution in [3.63, 3.8) is 0 Å². The van der Waals surface area contributed by atoms with Gasteiger partial charge in [0.1, 0.15) is 12.2 Å². The van der Waals surface area contributed by atoms with E-state index in [1.807, 2.05) is 30.4 Å². The van der Waals surface area contributed by atoms with E-state index in [1.165, 1.54) is 11.1 Å². The Labute approximate surface area is 144 Å². The lowest BCUT2D eigenvalue weighted by molar-refractivity contribution is 0.102. The smallest absolute Gasteiger partial charge is 0.104 e. The Kier molecular flexibility index (Phi) is 6.71. The number of epoxide rings is 2. The molecule has 4 N–H and O–H groups in total. The molecule has 1 aliphatic carbocycles. The van der Waals surface area contributed by atoms with Gasteiger partial charge in [0.15, 0.2) is 0 Å². The maximum absolute atomic E-state index is 5.76. The van der Waals surface area contributed by atoms with Gasteiger partial charge in [-0.05, 0) is 17.2 Å². The molecule has 5 heteroatoms. The van der Waals surface area contributed by atoms with Crippen molar-refractivity contribution in [3.8, 4) is 0 Å². The fraction of sp³-hybridized carbons (Fsp3) is 0.474. The first kappa shape index (κ1) is 18.8. The second-order valence-corrected chi connectivity index (χ2v) is 6.12. The number of nitrogens with two attached hydrogens (primary N) is 2. The molecule has 2 fully saturated rings. The van der Waals surface area contributed by atoms with Crippen LogP contribution in [0.15, 0.2) is 48.6 Å². The largest absolute Gasteiger partial charge is 0.376 e. The number of rotatable bonds is 5.